The average molecular weight is 369 g/mol. The van der Waals surface area contributed by atoms with Crippen molar-refractivity contribution in [1.82, 2.24) is 15.6 Å². The second-order valence-electron chi connectivity index (χ2n) is 6.72. The number of hydrogen-bond acceptors (Lipinski definition) is 4. The van der Waals surface area contributed by atoms with Gasteiger partial charge in [-0.15, -0.1) is 0 Å². The fourth-order valence-electron chi connectivity index (χ4n) is 2.48. The molecule has 6 heteroatoms. The summed E-state index contributed by atoms with van der Waals surface area (Å²) >= 11 is 0. The molecule has 0 saturated heterocycles. The Balaban J connectivity index is 1.85. The lowest BCUT2D eigenvalue weighted by molar-refractivity contribution is 0.0949. The Morgan fingerprint density at radius 2 is 1.74 bits per heavy atom. The van der Waals surface area contributed by atoms with Crippen LogP contribution in [0.4, 0.5) is 0 Å². The Bertz CT molecular complexity index is 758. The Kier molecular flexibility index (Phi) is 7.79. The number of rotatable bonds is 9. The number of ether oxygens (including phenoxy) is 1. The molecule has 0 atom stereocenters. The summed E-state index contributed by atoms with van der Waals surface area (Å²) in [6.45, 7) is 5.31. The lowest BCUT2D eigenvalue weighted by atomic mass is 10.1. The molecule has 144 valence electrons. The average Bonchev–Trinajstić information content (AvgIpc) is 2.68. The van der Waals surface area contributed by atoms with E-state index in [1.54, 1.807) is 13.2 Å². The summed E-state index contributed by atoms with van der Waals surface area (Å²) in [6.07, 6.45) is 3.09. The molecule has 0 saturated carbocycles. The first kappa shape index (κ1) is 20.4. The number of aromatic nitrogens is 1. The number of pyridine rings is 1. The summed E-state index contributed by atoms with van der Waals surface area (Å²) in [5.41, 5.74) is 1.78. The zero-order chi connectivity index (χ0) is 19.6. The molecule has 1 heterocycles. The Labute approximate surface area is 160 Å². The third kappa shape index (κ3) is 6.73. The van der Waals surface area contributed by atoms with E-state index >= 15 is 0 Å². The van der Waals surface area contributed by atoms with E-state index in [0.717, 1.165) is 17.7 Å². The number of carbonyl (C=O) groups excluding carboxylic acids is 2. The monoisotopic (exact) mass is 369 g/mol. The molecule has 0 fully saturated rings. The number of amides is 2. The molecule has 2 amide bonds. The highest BCUT2D eigenvalue weighted by Crippen LogP contribution is 2.11. The van der Waals surface area contributed by atoms with Crippen molar-refractivity contribution in [3.8, 4) is 5.75 Å². The van der Waals surface area contributed by atoms with Crippen LogP contribution in [0.3, 0.4) is 0 Å². The molecular weight excluding hydrogens is 342 g/mol. The number of methoxy groups -OCH3 is 1. The van der Waals surface area contributed by atoms with Gasteiger partial charge in [0.1, 0.15) is 11.4 Å². The van der Waals surface area contributed by atoms with E-state index in [0.29, 0.717) is 31.0 Å². The number of carbonyl (C=O) groups is 2. The minimum atomic E-state index is -0.291. The van der Waals surface area contributed by atoms with Crippen molar-refractivity contribution in [2.24, 2.45) is 5.92 Å². The largest absolute Gasteiger partial charge is 0.497 e. The molecule has 0 aliphatic rings. The maximum Gasteiger partial charge on any atom is 0.269 e. The molecule has 0 spiro atoms. The maximum atomic E-state index is 12.3. The first-order valence-electron chi connectivity index (χ1n) is 9.15. The molecular formula is C21H27N3O3. The SMILES string of the molecule is COc1ccc(CCNC(=O)c2cc(C(=O)NCCC(C)C)ccn2)cc1. The second kappa shape index (κ2) is 10.3. The van der Waals surface area contributed by atoms with Gasteiger partial charge in [-0.3, -0.25) is 14.6 Å². The van der Waals surface area contributed by atoms with E-state index in [9.17, 15) is 9.59 Å². The van der Waals surface area contributed by atoms with Gasteiger partial charge in [0.2, 0.25) is 0 Å². The van der Waals surface area contributed by atoms with Crippen LogP contribution in [0.5, 0.6) is 5.75 Å². The molecule has 0 unspecified atom stereocenters. The standard InChI is InChI=1S/C21H27N3O3/c1-15(2)8-11-23-20(25)17-10-13-22-19(14-17)21(26)24-12-9-16-4-6-18(27-3)7-5-16/h4-7,10,13-15H,8-9,11-12H2,1-3H3,(H,23,25)(H,24,26). The number of hydrogen-bond donors (Lipinski definition) is 2. The highest BCUT2D eigenvalue weighted by Gasteiger charge is 2.11. The van der Waals surface area contributed by atoms with E-state index in [-0.39, 0.29) is 17.5 Å². The van der Waals surface area contributed by atoms with Crippen molar-refractivity contribution in [3.05, 3.63) is 59.4 Å². The summed E-state index contributed by atoms with van der Waals surface area (Å²) in [5, 5.41) is 5.70. The Morgan fingerprint density at radius 1 is 1.04 bits per heavy atom. The van der Waals surface area contributed by atoms with Gasteiger partial charge in [-0.05, 0) is 48.6 Å². The molecule has 27 heavy (non-hydrogen) atoms. The normalized spacial score (nSPS) is 10.5. The van der Waals surface area contributed by atoms with E-state index in [2.05, 4.69) is 29.5 Å². The van der Waals surface area contributed by atoms with Crippen LogP contribution >= 0.6 is 0 Å². The van der Waals surface area contributed by atoms with Gasteiger partial charge in [-0.1, -0.05) is 26.0 Å². The summed E-state index contributed by atoms with van der Waals surface area (Å²) in [4.78, 5) is 28.5. The van der Waals surface area contributed by atoms with E-state index < -0.39 is 0 Å². The fraction of sp³-hybridized carbons (Fsp3) is 0.381. The van der Waals surface area contributed by atoms with Crippen molar-refractivity contribution >= 4 is 11.8 Å². The Morgan fingerprint density at radius 3 is 2.41 bits per heavy atom. The molecule has 0 aliphatic carbocycles. The van der Waals surface area contributed by atoms with Crippen LogP contribution in [-0.2, 0) is 6.42 Å². The number of nitrogens with one attached hydrogen (secondary N) is 2. The third-order valence-electron chi connectivity index (χ3n) is 4.12. The van der Waals surface area contributed by atoms with E-state index in [1.165, 1.54) is 12.3 Å². The predicted molar refractivity (Wildman–Crippen MR) is 105 cm³/mol. The molecule has 6 nitrogen and oxygen atoms in total. The number of benzene rings is 1. The summed E-state index contributed by atoms with van der Waals surface area (Å²) in [5.74, 6) is 0.843. The summed E-state index contributed by atoms with van der Waals surface area (Å²) in [6, 6.07) is 10.8. The van der Waals surface area contributed by atoms with Crippen molar-refractivity contribution in [3.63, 3.8) is 0 Å². The topological polar surface area (TPSA) is 80.3 Å². The van der Waals surface area contributed by atoms with Crippen LogP contribution < -0.4 is 15.4 Å². The quantitative estimate of drug-likeness (QED) is 0.712. The van der Waals surface area contributed by atoms with Gasteiger partial charge in [-0.25, -0.2) is 0 Å². The van der Waals surface area contributed by atoms with Gasteiger partial charge in [0.05, 0.1) is 7.11 Å². The number of nitrogens with zero attached hydrogens (tertiary/aromatic N) is 1. The van der Waals surface area contributed by atoms with Gasteiger partial charge >= 0.3 is 0 Å². The van der Waals surface area contributed by atoms with Crippen LogP contribution in [-0.4, -0.2) is 37.0 Å². The molecule has 1 aromatic carbocycles. The second-order valence-corrected chi connectivity index (χ2v) is 6.72. The first-order chi connectivity index (χ1) is 13.0. The Hall–Kier alpha value is -2.89. The van der Waals surface area contributed by atoms with Crippen molar-refractivity contribution in [2.45, 2.75) is 26.7 Å². The van der Waals surface area contributed by atoms with Crippen LogP contribution in [0, 0.1) is 5.92 Å². The lowest BCUT2D eigenvalue weighted by Crippen LogP contribution is -2.28. The van der Waals surface area contributed by atoms with Gasteiger partial charge in [0.15, 0.2) is 0 Å². The van der Waals surface area contributed by atoms with Crippen LogP contribution in [0.1, 0.15) is 46.7 Å². The highest BCUT2D eigenvalue weighted by atomic mass is 16.5. The van der Waals surface area contributed by atoms with E-state index in [4.69, 9.17) is 4.74 Å². The van der Waals surface area contributed by atoms with Gasteiger partial charge in [-0.2, -0.15) is 0 Å². The van der Waals surface area contributed by atoms with Crippen LogP contribution in [0.25, 0.3) is 0 Å². The predicted octanol–water partition coefficient (Wildman–Crippen LogP) is 2.84. The zero-order valence-corrected chi connectivity index (χ0v) is 16.1. The summed E-state index contributed by atoms with van der Waals surface area (Å²) < 4.78 is 5.13. The minimum Gasteiger partial charge on any atom is -0.497 e. The lowest BCUT2D eigenvalue weighted by Gasteiger charge is -2.09. The highest BCUT2D eigenvalue weighted by molar-refractivity contribution is 5.98. The minimum absolute atomic E-state index is 0.190. The third-order valence-corrected chi connectivity index (χ3v) is 4.12. The van der Waals surface area contributed by atoms with Crippen molar-refractivity contribution in [2.75, 3.05) is 20.2 Å². The maximum absolute atomic E-state index is 12.3. The zero-order valence-electron chi connectivity index (χ0n) is 16.1. The molecule has 1 aromatic heterocycles. The smallest absolute Gasteiger partial charge is 0.269 e. The molecule has 0 bridgehead atoms. The van der Waals surface area contributed by atoms with Gasteiger partial charge in [0.25, 0.3) is 11.8 Å². The van der Waals surface area contributed by atoms with Crippen molar-refractivity contribution in [1.29, 1.82) is 0 Å². The van der Waals surface area contributed by atoms with Crippen LogP contribution in [0.2, 0.25) is 0 Å². The fourth-order valence-corrected chi connectivity index (χ4v) is 2.48. The van der Waals surface area contributed by atoms with E-state index in [1.807, 2.05) is 24.3 Å². The summed E-state index contributed by atoms with van der Waals surface area (Å²) in [7, 11) is 1.63. The molecule has 2 rings (SSSR count). The van der Waals surface area contributed by atoms with Gasteiger partial charge < -0.3 is 15.4 Å². The molecule has 0 radical (unpaired) electrons. The molecule has 0 aliphatic heterocycles. The van der Waals surface area contributed by atoms with Crippen LogP contribution in [0.15, 0.2) is 42.6 Å². The first-order valence-corrected chi connectivity index (χ1v) is 9.15. The molecule has 2 aromatic rings. The van der Waals surface area contributed by atoms with Gasteiger partial charge in [0, 0.05) is 24.8 Å². The van der Waals surface area contributed by atoms with Crippen molar-refractivity contribution < 1.29 is 14.3 Å². The molecule has 2 N–H and O–H groups in total.